The molecule has 0 saturated heterocycles. The number of para-hydroxylation sites is 2. The van der Waals surface area contributed by atoms with Crippen LogP contribution in [-0.2, 0) is 0 Å². The van der Waals surface area contributed by atoms with Crippen LogP contribution in [0.15, 0.2) is 207 Å². The Labute approximate surface area is 332 Å². The monoisotopic (exact) mass is 744 g/mol. The van der Waals surface area contributed by atoms with Crippen molar-refractivity contribution in [3.63, 3.8) is 0 Å². The van der Waals surface area contributed by atoms with Gasteiger partial charge in [0.25, 0.3) is 0 Å². The molecule has 12 rings (SSSR count). The number of aromatic nitrogens is 1. The van der Waals surface area contributed by atoms with E-state index >= 15 is 0 Å². The van der Waals surface area contributed by atoms with Crippen molar-refractivity contribution in [3.05, 3.63) is 194 Å². The molecule has 0 fully saturated rings. The van der Waals surface area contributed by atoms with Gasteiger partial charge in [0.15, 0.2) is 5.58 Å². The van der Waals surface area contributed by atoms with Crippen LogP contribution in [0.5, 0.6) is 0 Å². The number of fused-ring (bicyclic) bond motifs is 8. The first-order valence-electron chi connectivity index (χ1n) is 19.4. The Hall–Kier alpha value is -7.89. The smallest absolute Gasteiger partial charge is 0.227 e. The van der Waals surface area contributed by atoms with Crippen molar-refractivity contribution >= 4 is 82.8 Å². The van der Waals surface area contributed by atoms with Gasteiger partial charge in [0, 0.05) is 33.1 Å². The maximum Gasteiger partial charge on any atom is 0.227 e. The highest BCUT2D eigenvalue weighted by Gasteiger charge is 2.23. The third kappa shape index (κ3) is 5.07. The summed E-state index contributed by atoms with van der Waals surface area (Å²) < 4.78 is 19.5. The first kappa shape index (κ1) is 32.4. The zero-order valence-electron chi connectivity index (χ0n) is 31.1. The second kappa shape index (κ2) is 12.8. The summed E-state index contributed by atoms with van der Waals surface area (Å²) in [6, 6.07) is 67.4. The predicted octanol–water partition coefficient (Wildman–Crippen LogP) is 15.3. The van der Waals surface area contributed by atoms with E-state index in [9.17, 15) is 0 Å². The molecule has 0 amide bonds. The summed E-state index contributed by atoms with van der Waals surface area (Å²) in [6.07, 6.45) is 0. The minimum Gasteiger partial charge on any atom is -0.456 e. The second-order valence-electron chi connectivity index (χ2n) is 14.7. The molecule has 0 aliphatic rings. The van der Waals surface area contributed by atoms with E-state index in [0.29, 0.717) is 11.5 Å². The summed E-state index contributed by atoms with van der Waals surface area (Å²) in [5, 5.41) is 6.61. The predicted molar refractivity (Wildman–Crippen MR) is 237 cm³/mol. The van der Waals surface area contributed by atoms with Gasteiger partial charge in [0.1, 0.15) is 27.8 Å². The molecular formula is C53H32N2O3. The highest BCUT2D eigenvalue weighted by molar-refractivity contribution is 6.17. The summed E-state index contributed by atoms with van der Waals surface area (Å²) in [5.41, 5.74) is 13.0. The first-order chi connectivity index (χ1) is 28.7. The van der Waals surface area contributed by atoms with Crippen molar-refractivity contribution in [2.45, 2.75) is 0 Å². The number of hydrogen-bond acceptors (Lipinski definition) is 5. The molecule has 58 heavy (non-hydrogen) atoms. The van der Waals surface area contributed by atoms with Crippen LogP contribution in [-0.4, -0.2) is 4.98 Å². The van der Waals surface area contributed by atoms with Gasteiger partial charge in [0.05, 0.1) is 16.6 Å². The maximum absolute atomic E-state index is 6.63. The summed E-state index contributed by atoms with van der Waals surface area (Å²) in [7, 11) is 0. The third-order valence-corrected chi connectivity index (χ3v) is 11.3. The lowest BCUT2D eigenvalue weighted by Gasteiger charge is -2.26. The van der Waals surface area contributed by atoms with Crippen molar-refractivity contribution in [1.82, 2.24) is 4.98 Å². The number of nitrogens with zero attached hydrogens (tertiary/aromatic N) is 2. The molecule has 3 aromatic heterocycles. The average Bonchev–Trinajstić information content (AvgIpc) is 4.00. The quantitative estimate of drug-likeness (QED) is 0.170. The van der Waals surface area contributed by atoms with Gasteiger partial charge in [-0.25, -0.2) is 4.98 Å². The molecule has 272 valence electrons. The van der Waals surface area contributed by atoms with Gasteiger partial charge in [0.2, 0.25) is 5.89 Å². The molecule has 12 aromatic rings. The maximum atomic E-state index is 6.63. The highest BCUT2D eigenvalue weighted by Crippen LogP contribution is 2.46. The third-order valence-electron chi connectivity index (χ3n) is 11.3. The lowest BCUT2D eigenvalue weighted by molar-refractivity contribution is 0.620. The largest absolute Gasteiger partial charge is 0.456 e. The van der Waals surface area contributed by atoms with Gasteiger partial charge in [-0.1, -0.05) is 127 Å². The summed E-state index contributed by atoms with van der Waals surface area (Å²) in [5.74, 6) is 0.573. The molecule has 0 atom stereocenters. The standard InChI is InChI=1S/C53H32N2O3/c1-2-13-36(14-3-1)53-54-51-48(58-53)32-43-41-17-6-8-21-45(41)57-52(43)49(51)35-26-30-38(31-27-35)55(44-20-11-23-47-50(44)42-18-7-9-22-46(42)56-47)37-28-24-34(25-29-37)40-19-10-15-33-12-4-5-16-39(33)40/h1-32H. The normalized spacial score (nSPS) is 11.8. The zero-order valence-corrected chi connectivity index (χ0v) is 31.1. The van der Waals surface area contributed by atoms with Crippen molar-refractivity contribution in [1.29, 1.82) is 0 Å². The Morgan fingerprint density at radius 2 is 1.02 bits per heavy atom. The van der Waals surface area contributed by atoms with Crippen LogP contribution < -0.4 is 4.90 Å². The fourth-order valence-electron chi connectivity index (χ4n) is 8.63. The van der Waals surface area contributed by atoms with Crippen LogP contribution in [0.4, 0.5) is 17.1 Å². The van der Waals surface area contributed by atoms with Gasteiger partial charge in [-0.15, -0.1) is 0 Å². The van der Waals surface area contributed by atoms with E-state index in [1.807, 2.05) is 66.7 Å². The van der Waals surface area contributed by atoms with Crippen LogP contribution >= 0.6 is 0 Å². The topological polar surface area (TPSA) is 55.6 Å². The SMILES string of the molecule is c1ccc(-c2nc3c(-c4ccc(N(c5ccc(-c6cccc7ccccc67)cc5)c5cccc6oc7ccccc7c56)cc4)c4oc5ccccc5c4cc3o2)cc1. The zero-order chi connectivity index (χ0) is 38.2. The van der Waals surface area contributed by atoms with E-state index in [2.05, 4.69) is 132 Å². The molecular weight excluding hydrogens is 713 g/mol. The van der Waals surface area contributed by atoms with Gasteiger partial charge in [-0.2, -0.15) is 0 Å². The summed E-state index contributed by atoms with van der Waals surface area (Å²) in [4.78, 5) is 7.42. The van der Waals surface area contributed by atoms with E-state index in [-0.39, 0.29) is 0 Å². The Kier molecular flexibility index (Phi) is 7.16. The van der Waals surface area contributed by atoms with Gasteiger partial charge in [-0.05, 0) is 94.2 Å². The van der Waals surface area contributed by atoms with E-state index in [0.717, 1.165) is 88.7 Å². The number of rotatable bonds is 6. The Balaban J connectivity index is 1.04. The van der Waals surface area contributed by atoms with Gasteiger partial charge < -0.3 is 18.2 Å². The average molecular weight is 745 g/mol. The molecule has 0 spiro atoms. The minimum absolute atomic E-state index is 0.573. The Morgan fingerprint density at radius 3 is 1.81 bits per heavy atom. The minimum atomic E-state index is 0.573. The number of benzene rings is 9. The number of anilines is 3. The van der Waals surface area contributed by atoms with Crippen molar-refractivity contribution in [3.8, 4) is 33.7 Å². The van der Waals surface area contributed by atoms with Crippen molar-refractivity contribution in [2.75, 3.05) is 4.90 Å². The fraction of sp³-hybridized carbons (Fsp3) is 0. The van der Waals surface area contributed by atoms with Crippen molar-refractivity contribution < 1.29 is 13.3 Å². The summed E-state index contributed by atoms with van der Waals surface area (Å²) in [6.45, 7) is 0. The molecule has 0 unspecified atom stereocenters. The van der Waals surface area contributed by atoms with Crippen LogP contribution in [0, 0.1) is 0 Å². The summed E-state index contributed by atoms with van der Waals surface area (Å²) >= 11 is 0. The van der Waals surface area contributed by atoms with Crippen LogP contribution in [0.25, 0.3) is 99.5 Å². The molecule has 5 nitrogen and oxygen atoms in total. The van der Waals surface area contributed by atoms with Crippen molar-refractivity contribution in [2.24, 2.45) is 0 Å². The van der Waals surface area contributed by atoms with Crippen LogP contribution in [0.2, 0.25) is 0 Å². The highest BCUT2D eigenvalue weighted by atomic mass is 16.4. The molecule has 0 radical (unpaired) electrons. The molecule has 9 aromatic carbocycles. The molecule has 0 aliphatic carbocycles. The Bertz CT molecular complexity index is 3500. The molecule has 0 bridgehead atoms. The van der Waals surface area contributed by atoms with E-state index in [4.69, 9.17) is 18.2 Å². The lowest BCUT2D eigenvalue weighted by atomic mass is 9.97. The van der Waals surface area contributed by atoms with Gasteiger partial charge >= 0.3 is 0 Å². The number of hydrogen-bond donors (Lipinski definition) is 0. The second-order valence-corrected chi connectivity index (χ2v) is 14.7. The number of furan rings is 2. The van der Waals surface area contributed by atoms with Gasteiger partial charge in [-0.3, -0.25) is 0 Å². The fourth-order valence-corrected chi connectivity index (χ4v) is 8.63. The molecule has 0 saturated carbocycles. The molecule has 3 heterocycles. The van der Waals surface area contributed by atoms with E-state index in [1.165, 1.54) is 16.3 Å². The van der Waals surface area contributed by atoms with Crippen LogP contribution in [0.1, 0.15) is 0 Å². The first-order valence-corrected chi connectivity index (χ1v) is 19.4. The Morgan fingerprint density at radius 1 is 0.397 bits per heavy atom. The van der Waals surface area contributed by atoms with E-state index in [1.54, 1.807) is 0 Å². The molecule has 0 N–H and O–H groups in total. The van der Waals surface area contributed by atoms with Crippen LogP contribution in [0.3, 0.4) is 0 Å². The number of oxazole rings is 1. The lowest BCUT2D eigenvalue weighted by Crippen LogP contribution is -2.10. The van der Waals surface area contributed by atoms with E-state index < -0.39 is 0 Å². The molecule has 0 aliphatic heterocycles. The molecule has 5 heteroatoms.